The number of piperidine rings is 1. The van der Waals surface area contributed by atoms with Crippen molar-refractivity contribution in [3.05, 3.63) is 0 Å². The van der Waals surface area contributed by atoms with Crippen LogP contribution in [0.25, 0.3) is 0 Å². The third-order valence-electron chi connectivity index (χ3n) is 3.16. The summed E-state index contributed by atoms with van der Waals surface area (Å²) in [7, 11) is 0. The zero-order valence-electron chi connectivity index (χ0n) is 10.1. The molecule has 1 fully saturated rings. The smallest absolute Gasteiger partial charge is 0.377 e. The zero-order valence-corrected chi connectivity index (χ0v) is 10.1. The summed E-state index contributed by atoms with van der Waals surface area (Å²) in [6.07, 6.45) is -0.419. The highest BCUT2D eigenvalue weighted by atomic mass is 19.3. The average Bonchev–Trinajstić information content (AvgIpc) is 2.20. The van der Waals surface area contributed by atoms with Crippen LogP contribution in [0.15, 0.2) is 0 Å². The van der Waals surface area contributed by atoms with Crippen LogP contribution in [0.4, 0.5) is 8.78 Å². The van der Waals surface area contributed by atoms with Gasteiger partial charge in [0.05, 0.1) is 0 Å². The van der Waals surface area contributed by atoms with Crippen LogP contribution in [0.1, 0.15) is 26.7 Å². The van der Waals surface area contributed by atoms with Gasteiger partial charge in [-0.25, -0.2) is 4.79 Å². The first-order valence-corrected chi connectivity index (χ1v) is 5.75. The van der Waals surface area contributed by atoms with E-state index in [1.807, 2.05) is 18.7 Å². The molecule has 0 saturated carbocycles. The lowest BCUT2D eigenvalue weighted by Crippen LogP contribution is -2.58. The van der Waals surface area contributed by atoms with Crippen molar-refractivity contribution >= 4 is 5.97 Å². The molecule has 0 spiro atoms. The van der Waals surface area contributed by atoms with E-state index in [0.29, 0.717) is 19.0 Å². The van der Waals surface area contributed by atoms with Gasteiger partial charge >= 0.3 is 11.9 Å². The molecule has 0 radical (unpaired) electrons. The molecule has 0 bridgehead atoms. The number of aliphatic hydroxyl groups is 1. The summed E-state index contributed by atoms with van der Waals surface area (Å²) >= 11 is 0. The van der Waals surface area contributed by atoms with E-state index in [9.17, 15) is 18.7 Å². The molecule has 1 heterocycles. The van der Waals surface area contributed by atoms with E-state index >= 15 is 0 Å². The van der Waals surface area contributed by atoms with Gasteiger partial charge in [-0.3, -0.25) is 0 Å². The van der Waals surface area contributed by atoms with Crippen LogP contribution >= 0.6 is 0 Å². The normalized spacial score (nSPS) is 21.8. The van der Waals surface area contributed by atoms with Crippen molar-refractivity contribution in [1.82, 2.24) is 4.90 Å². The number of carboxylic acids is 1. The first kappa shape index (κ1) is 14.3. The van der Waals surface area contributed by atoms with E-state index in [1.165, 1.54) is 0 Å². The zero-order chi connectivity index (χ0) is 13.3. The predicted octanol–water partition coefficient (Wildman–Crippen LogP) is 1.19. The van der Waals surface area contributed by atoms with Gasteiger partial charge in [-0.1, -0.05) is 13.8 Å². The second kappa shape index (κ2) is 4.86. The van der Waals surface area contributed by atoms with Gasteiger partial charge in [0.1, 0.15) is 5.60 Å². The fraction of sp³-hybridized carbons (Fsp3) is 0.909. The molecular formula is C11H19F2NO3. The van der Waals surface area contributed by atoms with Gasteiger partial charge in [-0.2, -0.15) is 8.78 Å². The number of nitrogens with zero attached hydrogens (tertiary/aromatic N) is 1. The molecule has 0 unspecified atom stereocenters. The molecule has 17 heavy (non-hydrogen) atoms. The number of halogens is 2. The van der Waals surface area contributed by atoms with Crippen molar-refractivity contribution in [1.29, 1.82) is 0 Å². The molecule has 0 aromatic heterocycles. The van der Waals surface area contributed by atoms with Crippen LogP contribution < -0.4 is 0 Å². The lowest BCUT2D eigenvalue weighted by molar-refractivity contribution is -0.218. The van der Waals surface area contributed by atoms with Crippen LogP contribution in [0, 0.1) is 5.92 Å². The Bertz CT molecular complexity index is 286. The number of rotatable bonds is 4. The minimum Gasteiger partial charge on any atom is -0.477 e. The van der Waals surface area contributed by atoms with Crippen molar-refractivity contribution in [3.8, 4) is 0 Å². The van der Waals surface area contributed by atoms with Gasteiger partial charge in [0.15, 0.2) is 0 Å². The van der Waals surface area contributed by atoms with Crippen molar-refractivity contribution in [2.75, 3.05) is 19.6 Å². The van der Waals surface area contributed by atoms with Gasteiger partial charge in [0, 0.05) is 19.6 Å². The van der Waals surface area contributed by atoms with E-state index in [1.54, 1.807) is 0 Å². The van der Waals surface area contributed by atoms with Gasteiger partial charge < -0.3 is 15.1 Å². The number of carbonyl (C=O) groups is 1. The number of aliphatic carboxylic acids is 1. The second-order valence-electron chi connectivity index (χ2n) is 5.11. The van der Waals surface area contributed by atoms with Crippen molar-refractivity contribution < 1.29 is 23.8 Å². The van der Waals surface area contributed by atoms with E-state index < -0.39 is 17.5 Å². The van der Waals surface area contributed by atoms with Crippen LogP contribution in [0.3, 0.4) is 0 Å². The molecule has 0 aromatic carbocycles. The molecule has 0 aliphatic carbocycles. The minimum atomic E-state index is -4.07. The van der Waals surface area contributed by atoms with E-state index in [4.69, 9.17) is 5.11 Å². The number of alkyl halides is 2. The highest BCUT2D eigenvalue weighted by Gasteiger charge is 2.59. The molecule has 1 aliphatic heterocycles. The maximum Gasteiger partial charge on any atom is 0.377 e. The Balaban J connectivity index is 2.64. The Morgan fingerprint density at radius 2 is 1.88 bits per heavy atom. The number of hydrogen-bond donors (Lipinski definition) is 2. The number of likely N-dealkylation sites (tertiary alicyclic amines) is 1. The summed E-state index contributed by atoms with van der Waals surface area (Å²) in [4.78, 5) is 12.4. The second-order valence-corrected chi connectivity index (χ2v) is 5.11. The van der Waals surface area contributed by atoms with Crippen LogP contribution in [-0.2, 0) is 4.79 Å². The van der Waals surface area contributed by atoms with Crippen LogP contribution in [0.5, 0.6) is 0 Å². The minimum absolute atomic E-state index is 0.209. The first-order valence-electron chi connectivity index (χ1n) is 5.75. The quantitative estimate of drug-likeness (QED) is 0.788. The van der Waals surface area contributed by atoms with Crippen LogP contribution in [0.2, 0.25) is 0 Å². The maximum atomic E-state index is 13.3. The fourth-order valence-corrected chi connectivity index (χ4v) is 2.13. The molecule has 1 saturated heterocycles. The van der Waals surface area contributed by atoms with Gasteiger partial charge in [0.25, 0.3) is 0 Å². The van der Waals surface area contributed by atoms with Gasteiger partial charge in [-0.15, -0.1) is 0 Å². The maximum absolute atomic E-state index is 13.3. The summed E-state index contributed by atoms with van der Waals surface area (Å²) in [5.41, 5.74) is -2.41. The number of carboxylic acid groups (broad SMARTS) is 1. The van der Waals surface area contributed by atoms with E-state index in [2.05, 4.69) is 0 Å². The molecule has 100 valence electrons. The molecule has 1 aliphatic rings. The number of hydrogen-bond acceptors (Lipinski definition) is 3. The highest BCUT2D eigenvalue weighted by molar-refractivity contribution is 5.77. The van der Waals surface area contributed by atoms with Crippen LogP contribution in [-0.4, -0.2) is 52.2 Å². The Morgan fingerprint density at radius 1 is 1.41 bits per heavy atom. The third-order valence-corrected chi connectivity index (χ3v) is 3.16. The Morgan fingerprint density at radius 3 is 2.24 bits per heavy atom. The standard InChI is InChI=1S/C11H19F2NO3/c1-8(2)7-14-5-3-10(17,4-6-14)11(12,13)9(15)16/h8,17H,3-7H2,1-2H3,(H,15,16). The topological polar surface area (TPSA) is 60.8 Å². The predicted molar refractivity (Wildman–Crippen MR) is 58.0 cm³/mol. The van der Waals surface area contributed by atoms with Crippen molar-refractivity contribution in [2.45, 2.75) is 38.2 Å². The highest BCUT2D eigenvalue weighted by Crippen LogP contribution is 2.37. The molecule has 0 aromatic rings. The third kappa shape index (κ3) is 2.93. The molecule has 1 rings (SSSR count). The van der Waals surface area contributed by atoms with Gasteiger partial charge in [-0.05, 0) is 18.8 Å². The summed E-state index contributed by atoms with van der Waals surface area (Å²) in [5, 5.41) is 18.2. The lowest BCUT2D eigenvalue weighted by Gasteiger charge is -2.41. The largest absolute Gasteiger partial charge is 0.477 e. The van der Waals surface area contributed by atoms with Crippen molar-refractivity contribution in [2.24, 2.45) is 5.92 Å². The summed E-state index contributed by atoms with van der Waals surface area (Å²) in [6, 6.07) is 0. The SMILES string of the molecule is CC(C)CN1CCC(O)(C(F)(F)C(=O)O)CC1. The molecule has 0 atom stereocenters. The Labute approximate surface area is 99.2 Å². The first-order chi connectivity index (χ1) is 7.69. The van der Waals surface area contributed by atoms with E-state index in [-0.39, 0.29) is 12.8 Å². The van der Waals surface area contributed by atoms with Crippen molar-refractivity contribution in [3.63, 3.8) is 0 Å². The molecule has 6 heteroatoms. The fourth-order valence-electron chi connectivity index (χ4n) is 2.13. The van der Waals surface area contributed by atoms with E-state index in [0.717, 1.165) is 6.54 Å². The summed E-state index contributed by atoms with van der Waals surface area (Å²) < 4.78 is 26.7. The summed E-state index contributed by atoms with van der Waals surface area (Å²) in [5.74, 6) is -5.91. The lowest BCUT2D eigenvalue weighted by atomic mass is 9.85. The Hall–Kier alpha value is -0.750. The molecular weight excluding hydrogens is 232 g/mol. The van der Waals surface area contributed by atoms with Gasteiger partial charge in [0.2, 0.25) is 0 Å². The molecule has 0 amide bonds. The molecule has 4 nitrogen and oxygen atoms in total. The summed E-state index contributed by atoms with van der Waals surface area (Å²) in [6.45, 7) is 5.42. The Kier molecular flexibility index (Phi) is 4.09. The average molecular weight is 251 g/mol. The molecule has 2 N–H and O–H groups in total. The monoisotopic (exact) mass is 251 g/mol.